The summed E-state index contributed by atoms with van der Waals surface area (Å²) in [4.78, 5) is 39.9. The molecule has 0 bridgehead atoms. The molecular weight excluding hydrogens is 363 g/mol. The molecule has 28 heavy (non-hydrogen) atoms. The second kappa shape index (κ2) is 8.21. The molecule has 1 heterocycles. The standard InChI is InChI=1S/C21H21FN2O4/c1-14(25)23(12-11-15-3-9-18(28-2)10-4-15)19-13-20(26)24(21(19)27)17-7-5-16(22)6-8-17/h3-10,19H,11-13H2,1-2H3. The maximum Gasteiger partial charge on any atom is 0.257 e. The molecule has 6 nitrogen and oxygen atoms in total. The molecule has 0 aliphatic carbocycles. The van der Waals surface area contributed by atoms with Crippen molar-refractivity contribution in [1.29, 1.82) is 0 Å². The number of carbonyl (C=O) groups excluding carboxylic acids is 3. The summed E-state index contributed by atoms with van der Waals surface area (Å²) in [6, 6.07) is 11.7. The number of amides is 3. The van der Waals surface area contributed by atoms with Gasteiger partial charge in [0, 0.05) is 13.5 Å². The van der Waals surface area contributed by atoms with E-state index in [1.807, 2.05) is 24.3 Å². The van der Waals surface area contributed by atoms with E-state index in [1.54, 1.807) is 7.11 Å². The van der Waals surface area contributed by atoms with Crippen LogP contribution in [0.15, 0.2) is 48.5 Å². The van der Waals surface area contributed by atoms with Gasteiger partial charge in [-0.15, -0.1) is 0 Å². The lowest BCUT2D eigenvalue weighted by Crippen LogP contribution is -2.45. The normalized spacial score (nSPS) is 16.4. The van der Waals surface area contributed by atoms with Crippen LogP contribution in [0.25, 0.3) is 0 Å². The van der Waals surface area contributed by atoms with E-state index >= 15 is 0 Å². The van der Waals surface area contributed by atoms with Crippen LogP contribution in [0.4, 0.5) is 10.1 Å². The van der Waals surface area contributed by atoms with E-state index in [0.29, 0.717) is 18.7 Å². The summed E-state index contributed by atoms with van der Waals surface area (Å²) < 4.78 is 18.3. The van der Waals surface area contributed by atoms with Crippen molar-refractivity contribution in [2.45, 2.75) is 25.8 Å². The van der Waals surface area contributed by atoms with Crippen molar-refractivity contribution >= 4 is 23.4 Å². The van der Waals surface area contributed by atoms with Crippen LogP contribution < -0.4 is 9.64 Å². The molecule has 146 valence electrons. The first-order valence-electron chi connectivity index (χ1n) is 8.93. The first-order chi connectivity index (χ1) is 13.4. The molecule has 0 radical (unpaired) electrons. The lowest BCUT2D eigenvalue weighted by atomic mass is 10.1. The fraction of sp³-hybridized carbons (Fsp3) is 0.286. The van der Waals surface area contributed by atoms with Gasteiger partial charge >= 0.3 is 0 Å². The van der Waals surface area contributed by atoms with Gasteiger partial charge in [-0.05, 0) is 48.4 Å². The Kier molecular flexibility index (Phi) is 5.73. The summed E-state index contributed by atoms with van der Waals surface area (Å²) in [5, 5.41) is 0. The Bertz CT molecular complexity index is 880. The van der Waals surface area contributed by atoms with Crippen molar-refractivity contribution in [2.24, 2.45) is 0 Å². The maximum atomic E-state index is 13.1. The molecule has 1 unspecified atom stereocenters. The number of methoxy groups -OCH3 is 1. The van der Waals surface area contributed by atoms with E-state index in [0.717, 1.165) is 16.2 Å². The van der Waals surface area contributed by atoms with Gasteiger partial charge in [0.1, 0.15) is 17.6 Å². The lowest BCUT2D eigenvalue weighted by Gasteiger charge is -2.26. The zero-order chi connectivity index (χ0) is 20.3. The van der Waals surface area contributed by atoms with Crippen molar-refractivity contribution < 1.29 is 23.5 Å². The molecule has 3 amide bonds. The van der Waals surface area contributed by atoms with Gasteiger partial charge in [0.05, 0.1) is 19.2 Å². The van der Waals surface area contributed by atoms with E-state index in [9.17, 15) is 18.8 Å². The van der Waals surface area contributed by atoms with Gasteiger partial charge in [-0.25, -0.2) is 9.29 Å². The number of hydrogen-bond donors (Lipinski definition) is 0. The minimum absolute atomic E-state index is 0.0849. The topological polar surface area (TPSA) is 66.9 Å². The smallest absolute Gasteiger partial charge is 0.257 e. The highest BCUT2D eigenvalue weighted by Crippen LogP contribution is 2.26. The van der Waals surface area contributed by atoms with Gasteiger partial charge in [0.2, 0.25) is 11.8 Å². The van der Waals surface area contributed by atoms with E-state index in [2.05, 4.69) is 0 Å². The molecule has 0 aromatic heterocycles. The second-order valence-electron chi connectivity index (χ2n) is 6.57. The Morgan fingerprint density at radius 3 is 2.36 bits per heavy atom. The Morgan fingerprint density at radius 1 is 1.14 bits per heavy atom. The average molecular weight is 384 g/mol. The third kappa shape index (κ3) is 4.03. The first-order valence-corrected chi connectivity index (χ1v) is 8.93. The summed E-state index contributed by atoms with van der Waals surface area (Å²) in [7, 11) is 1.59. The van der Waals surface area contributed by atoms with E-state index in [1.165, 1.54) is 36.1 Å². The number of nitrogens with zero attached hydrogens (tertiary/aromatic N) is 2. The van der Waals surface area contributed by atoms with Crippen molar-refractivity contribution in [2.75, 3.05) is 18.6 Å². The van der Waals surface area contributed by atoms with Crippen LogP contribution in [0.3, 0.4) is 0 Å². The monoisotopic (exact) mass is 384 g/mol. The molecule has 1 saturated heterocycles. The SMILES string of the molecule is COc1ccc(CCN(C(C)=O)C2CC(=O)N(c3ccc(F)cc3)C2=O)cc1. The lowest BCUT2D eigenvalue weighted by molar-refractivity contribution is -0.136. The number of halogens is 1. The molecule has 1 atom stereocenters. The highest BCUT2D eigenvalue weighted by molar-refractivity contribution is 6.22. The average Bonchev–Trinajstić information content (AvgIpc) is 2.97. The number of rotatable bonds is 6. The summed E-state index contributed by atoms with van der Waals surface area (Å²) in [6.07, 6.45) is 0.455. The zero-order valence-electron chi connectivity index (χ0n) is 15.7. The van der Waals surface area contributed by atoms with Crippen molar-refractivity contribution in [3.63, 3.8) is 0 Å². The molecule has 1 fully saturated rings. The molecule has 7 heteroatoms. The number of carbonyl (C=O) groups is 3. The quantitative estimate of drug-likeness (QED) is 0.718. The molecule has 1 aliphatic heterocycles. The molecule has 0 spiro atoms. The van der Waals surface area contributed by atoms with Crippen LogP contribution in [0.2, 0.25) is 0 Å². The second-order valence-corrected chi connectivity index (χ2v) is 6.57. The van der Waals surface area contributed by atoms with Gasteiger partial charge < -0.3 is 9.64 Å². The van der Waals surface area contributed by atoms with Crippen LogP contribution in [0, 0.1) is 5.82 Å². The highest BCUT2D eigenvalue weighted by Gasteiger charge is 2.43. The largest absolute Gasteiger partial charge is 0.497 e. The maximum absolute atomic E-state index is 13.1. The molecule has 3 rings (SSSR count). The van der Waals surface area contributed by atoms with Crippen LogP contribution in [-0.4, -0.2) is 42.3 Å². The molecule has 2 aromatic rings. The third-order valence-electron chi connectivity index (χ3n) is 4.79. The van der Waals surface area contributed by atoms with Crippen molar-refractivity contribution in [3.8, 4) is 5.75 Å². The summed E-state index contributed by atoms with van der Waals surface area (Å²) in [6.45, 7) is 1.69. The summed E-state index contributed by atoms with van der Waals surface area (Å²) >= 11 is 0. The molecule has 0 N–H and O–H groups in total. The minimum Gasteiger partial charge on any atom is -0.497 e. The summed E-state index contributed by atoms with van der Waals surface area (Å²) in [5.74, 6) is -0.873. The fourth-order valence-electron chi connectivity index (χ4n) is 3.30. The van der Waals surface area contributed by atoms with Gasteiger partial charge in [-0.1, -0.05) is 12.1 Å². The number of anilines is 1. The van der Waals surface area contributed by atoms with Crippen LogP contribution in [0.5, 0.6) is 5.75 Å². The van der Waals surface area contributed by atoms with Gasteiger partial charge in [-0.2, -0.15) is 0 Å². The Morgan fingerprint density at radius 2 is 1.79 bits per heavy atom. The predicted octanol–water partition coefficient (Wildman–Crippen LogP) is 2.56. The van der Waals surface area contributed by atoms with E-state index in [-0.39, 0.29) is 12.3 Å². The number of ether oxygens (including phenoxy) is 1. The number of hydrogen-bond acceptors (Lipinski definition) is 4. The minimum atomic E-state index is -0.853. The number of benzene rings is 2. The van der Waals surface area contributed by atoms with Gasteiger partial charge in [0.15, 0.2) is 0 Å². The first kappa shape index (κ1) is 19.5. The third-order valence-corrected chi connectivity index (χ3v) is 4.79. The van der Waals surface area contributed by atoms with Crippen molar-refractivity contribution in [1.82, 2.24) is 4.90 Å². The van der Waals surface area contributed by atoms with Crippen LogP contribution in [-0.2, 0) is 20.8 Å². The van der Waals surface area contributed by atoms with Gasteiger partial charge in [0.25, 0.3) is 5.91 Å². The fourth-order valence-corrected chi connectivity index (χ4v) is 3.30. The molecule has 2 aromatic carbocycles. The Hall–Kier alpha value is -3.22. The van der Waals surface area contributed by atoms with Crippen LogP contribution >= 0.6 is 0 Å². The van der Waals surface area contributed by atoms with E-state index in [4.69, 9.17) is 4.74 Å². The number of imide groups is 1. The highest BCUT2D eigenvalue weighted by atomic mass is 19.1. The molecule has 1 aliphatic rings. The molecule has 0 saturated carbocycles. The Balaban J connectivity index is 1.74. The Labute approximate surface area is 162 Å². The predicted molar refractivity (Wildman–Crippen MR) is 101 cm³/mol. The van der Waals surface area contributed by atoms with Crippen molar-refractivity contribution in [3.05, 3.63) is 59.9 Å². The van der Waals surface area contributed by atoms with E-state index < -0.39 is 23.7 Å². The summed E-state index contributed by atoms with van der Waals surface area (Å²) in [5.41, 5.74) is 1.29. The molecular formula is C21H21FN2O4. The van der Waals surface area contributed by atoms with Gasteiger partial charge in [-0.3, -0.25) is 14.4 Å². The zero-order valence-corrected chi connectivity index (χ0v) is 15.7. The van der Waals surface area contributed by atoms with Crippen LogP contribution in [0.1, 0.15) is 18.9 Å².